The molecule has 1 saturated heterocycles. The maximum absolute atomic E-state index is 4.60. The zero-order valence-electron chi connectivity index (χ0n) is 11.7. The van der Waals surface area contributed by atoms with Gasteiger partial charge in [0.05, 0.1) is 5.69 Å². The lowest BCUT2D eigenvalue weighted by Crippen LogP contribution is -2.29. The normalized spacial score (nSPS) is 16.9. The lowest BCUT2D eigenvalue weighted by molar-refractivity contribution is 0.693. The number of thioether (sulfide) groups is 1. The summed E-state index contributed by atoms with van der Waals surface area (Å²) in [5.41, 5.74) is 2.52. The van der Waals surface area contributed by atoms with E-state index in [1.165, 1.54) is 29.3 Å². The summed E-state index contributed by atoms with van der Waals surface area (Å²) in [4.78, 5) is 2.51. The second kappa shape index (κ2) is 6.48. The zero-order valence-corrected chi connectivity index (χ0v) is 12.5. The minimum atomic E-state index is 0.926. The van der Waals surface area contributed by atoms with Crippen molar-refractivity contribution in [3.8, 4) is 0 Å². The smallest absolute Gasteiger partial charge is 0.131 e. The molecule has 0 unspecified atom stereocenters. The van der Waals surface area contributed by atoms with Crippen LogP contribution in [0.4, 0.5) is 5.82 Å². The van der Waals surface area contributed by atoms with E-state index in [2.05, 4.69) is 52.7 Å². The maximum atomic E-state index is 4.60. The Morgan fingerprint density at radius 1 is 1.33 bits per heavy atom. The van der Waals surface area contributed by atoms with Gasteiger partial charge in [0.2, 0.25) is 0 Å². The van der Waals surface area contributed by atoms with Gasteiger partial charge in [-0.2, -0.15) is 16.9 Å². The van der Waals surface area contributed by atoms with Crippen LogP contribution >= 0.6 is 11.8 Å². The molecule has 2 rings (SSSR count). The molecule has 1 aliphatic rings. The molecule has 0 amide bonds. The van der Waals surface area contributed by atoms with Crippen molar-refractivity contribution >= 4 is 17.6 Å². The molecule has 0 spiro atoms. The van der Waals surface area contributed by atoms with Gasteiger partial charge in [-0.05, 0) is 25.6 Å². The highest BCUT2D eigenvalue weighted by atomic mass is 32.2. The molecule has 1 aliphatic heterocycles. The fourth-order valence-corrected chi connectivity index (χ4v) is 3.39. The number of rotatable bonds is 4. The summed E-state index contributed by atoms with van der Waals surface area (Å²) in [5.74, 6) is 3.83. The average molecular weight is 268 g/mol. The summed E-state index contributed by atoms with van der Waals surface area (Å²) >= 11 is 2.06. The molecule has 18 heavy (non-hydrogen) atoms. The van der Waals surface area contributed by atoms with E-state index in [0.717, 1.165) is 31.9 Å². The van der Waals surface area contributed by atoms with Crippen LogP contribution in [0.25, 0.3) is 0 Å². The largest absolute Gasteiger partial charge is 0.356 e. The third-order valence-electron chi connectivity index (χ3n) is 3.39. The van der Waals surface area contributed by atoms with E-state index in [9.17, 15) is 0 Å². The number of nitrogens with one attached hydrogen (secondary N) is 1. The van der Waals surface area contributed by atoms with Gasteiger partial charge in [0, 0.05) is 38.0 Å². The molecular weight excluding hydrogens is 244 g/mol. The van der Waals surface area contributed by atoms with Gasteiger partial charge in [-0.1, -0.05) is 6.92 Å². The van der Waals surface area contributed by atoms with Gasteiger partial charge in [-0.3, -0.25) is 4.68 Å². The Balaban J connectivity index is 2.23. The van der Waals surface area contributed by atoms with E-state index in [4.69, 9.17) is 0 Å². The highest BCUT2D eigenvalue weighted by Gasteiger charge is 2.19. The van der Waals surface area contributed by atoms with Crippen molar-refractivity contribution in [3.63, 3.8) is 0 Å². The third-order valence-corrected chi connectivity index (χ3v) is 4.44. The summed E-state index contributed by atoms with van der Waals surface area (Å²) < 4.78 is 2.05. The summed E-state index contributed by atoms with van der Waals surface area (Å²) in [7, 11) is 2.07. The maximum Gasteiger partial charge on any atom is 0.131 e. The van der Waals surface area contributed by atoms with Gasteiger partial charge in [0.15, 0.2) is 0 Å². The molecule has 2 heterocycles. The lowest BCUT2D eigenvalue weighted by atomic mass is 10.2. The monoisotopic (exact) mass is 268 g/mol. The molecule has 0 bridgehead atoms. The zero-order chi connectivity index (χ0) is 13.0. The summed E-state index contributed by atoms with van der Waals surface area (Å²) in [6.45, 7) is 8.49. The van der Waals surface area contributed by atoms with Crippen LogP contribution in [-0.4, -0.2) is 40.9 Å². The second-order valence-electron chi connectivity index (χ2n) is 4.74. The Bertz CT molecular complexity index is 381. The molecule has 5 heteroatoms. The lowest BCUT2D eigenvalue weighted by Gasteiger charge is -2.24. The quantitative estimate of drug-likeness (QED) is 0.902. The molecule has 0 atom stereocenters. The Morgan fingerprint density at radius 3 is 2.94 bits per heavy atom. The topological polar surface area (TPSA) is 33.1 Å². The van der Waals surface area contributed by atoms with Gasteiger partial charge in [-0.15, -0.1) is 0 Å². The third kappa shape index (κ3) is 3.01. The number of aromatic nitrogens is 2. The number of hydrogen-bond acceptors (Lipinski definition) is 4. The number of nitrogens with zero attached hydrogens (tertiary/aromatic N) is 3. The van der Waals surface area contributed by atoms with Gasteiger partial charge in [0.25, 0.3) is 0 Å². The molecule has 102 valence electrons. The predicted octanol–water partition coefficient (Wildman–Crippen LogP) is 1.78. The van der Waals surface area contributed by atoms with Crippen molar-refractivity contribution in [3.05, 3.63) is 11.3 Å². The molecule has 4 nitrogen and oxygen atoms in total. The van der Waals surface area contributed by atoms with Crippen LogP contribution in [0.15, 0.2) is 0 Å². The highest BCUT2D eigenvalue weighted by Crippen LogP contribution is 2.25. The van der Waals surface area contributed by atoms with Crippen molar-refractivity contribution in [1.29, 1.82) is 0 Å². The fourth-order valence-electron chi connectivity index (χ4n) is 2.50. The molecule has 1 fully saturated rings. The van der Waals surface area contributed by atoms with Crippen LogP contribution in [0, 0.1) is 6.92 Å². The number of hydrogen-bond donors (Lipinski definition) is 1. The standard InChI is InChI=1S/C13H24N4S/c1-4-14-10-12-11(2)15-16(3)13(12)17-6-5-8-18-9-7-17/h14H,4-10H2,1-3H3. The number of aryl methyl sites for hydroxylation is 2. The van der Waals surface area contributed by atoms with Crippen molar-refractivity contribution in [2.45, 2.75) is 26.8 Å². The van der Waals surface area contributed by atoms with Gasteiger partial charge >= 0.3 is 0 Å². The van der Waals surface area contributed by atoms with Gasteiger partial charge in [0.1, 0.15) is 5.82 Å². The van der Waals surface area contributed by atoms with Crippen molar-refractivity contribution in [1.82, 2.24) is 15.1 Å². The molecule has 1 N–H and O–H groups in total. The second-order valence-corrected chi connectivity index (χ2v) is 5.97. The van der Waals surface area contributed by atoms with E-state index < -0.39 is 0 Å². The Morgan fingerprint density at radius 2 is 2.17 bits per heavy atom. The Kier molecular flexibility index (Phi) is 4.95. The van der Waals surface area contributed by atoms with Crippen molar-refractivity contribution < 1.29 is 0 Å². The average Bonchev–Trinajstić information content (AvgIpc) is 2.57. The Hall–Kier alpha value is -0.680. The summed E-state index contributed by atoms with van der Waals surface area (Å²) in [5, 5.41) is 8.03. The number of anilines is 1. The van der Waals surface area contributed by atoms with E-state index in [1.54, 1.807) is 0 Å². The van der Waals surface area contributed by atoms with Crippen LogP contribution < -0.4 is 10.2 Å². The van der Waals surface area contributed by atoms with Crippen molar-refractivity contribution in [2.75, 3.05) is 36.0 Å². The van der Waals surface area contributed by atoms with Crippen LogP contribution in [0.1, 0.15) is 24.6 Å². The molecular formula is C13H24N4S. The first-order valence-electron chi connectivity index (χ1n) is 6.80. The molecule has 0 aromatic carbocycles. The van der Waals surface area contributed by atoms with Crippen molar-refractivity contribution in [2.24, 2.45) is 7.05 Å². The molecule has 1 aromatic heterocycles. The highest BCUT2D eigenvalue weighted by molar-refractivity contribution is 7.99. The Labute approximate surface area is 114 Å². The first kappa shape index (κ1) is 13.7. The van der Waals surface area contributed by atoms with E-state index in [0.29, 0.717) is 0 Å². The van der Waals surface area contributed by atoms with Crippen LogP contribution in [-0.2, 0) is 13.6 Å². The molecule has 0 saturated carbocycles. The minimum absolute atomic E-state index is 0.926. The van der Waals surface area contributed by atoms with Crippen LogP contribution in [0.2, 0.25) is 0 Å². The van der Waals surface area contributed by atoms with E-state index in [1.807, 2.05) is 0 Å². The summed E-state index contributed by atoms with van der Waals surface area (Å²) in [6.07, 6.45) is 1.27. The van der Waals surface area contributed by atoms with Gasteiger partial charge in [-0.25, -0.2) is 0 Å². The van der Waals surface area contributed by atoms with Crippen LogP contribution in [0.5, 0.6) is 0 Å². The first-order valence-corrected chi connectivity index (χ1v) is 7.95. The predicted molar refractivity (Wildman–Crippen MR) is 79.5 cm³/mol. The minimum Gasteiger partial charge on any atom is -0.356 e. The molecule has 0 aliphatic carbocycles. The first-order chi connectivity index (χ1) is 8.74. The van der Waals surface area contributed by atoms with E-state index >= 15 is 0 Å². The fraction of sp³-hybridized carbons (Fsp3) is 0.769. The molecule has 0 radical (unpaired) electrons. The van der Waals surface area contributed by atoms with E-state index in [-0.39, 0.29) is 0 Å². The summed E-state index contributed by atoms with van der Waals surface area (Å²) in [6, 6.07) is 0. The van der Waals surface area contributed by atoms with Crippen LogP contribution in [0.3, 0.4) is 0 Å². The SMILES string of the molecule is CCNCc1c(C)nn(C)c1N1CCCSCC1. The van der Waals surface area contributed by atoms with Gasteiger partial charge < -0.3 is 10.2 Å². The molecule has 1 aromatic rings.